The van der Waals surface area contributed by atoms with Crippen LogP contribution in [0.15, 0.2) is 532 Å². The molecule has 4 aliphatic rings. The van der Waals surface area contributed by atoms with Gasteiger partial charge in [-0.05, 0) is 267 Å². The molecule has 27 aromatic rings. The molecule has 2 unspecified atom stereocenters. The van der Waals surface area contributed by atoms with Crippen LogP contribution >= 0.6 is 0 Å². The van der Waals surface area contributed by atoms with Crippen molar-refractivity contribution in [3.8, 4) is 117 Å². The van der Waals surface area contributed by atoms with Crippen molar-refractivity contribution in [3.05, 3.63) is 572 Å². The van der Waals surface area contributed by atoms with E-state index in [1.54, 1.807) is 0 Å². The van der Waals surface area contributed by atoms with Crippen molar-refractivity contribution in [1.82, 2.24) is 13.7 Å². The molecular weight excluding hydrogens is 1770 g/mol. The Morgan fingerprint density at radius 3 is 1.11 bits per heavy atom. The summed E-state index contributed by atoms with van der Waals surface area (Å²) < 4.78 is 14.7. The topological polar surface area (TPSA) is 34.4 Å². The third kappa shape index (κ3) is 11.7. The Bertz CT molecular complexity index is 10200. The van der Waals surface area contributed by atoms with Crippen LogP contribution in [0.2, 0.25) is 0 Å². The molecule has 0 radical (unpaired) electrons. The molecule has 6 nitrogen and oxygen atoms in total. The lowest BCUT2D eigenvalue weighted by Gasteiger charge is -2.39. The second kappa shape index (κ2) is 31.7. The van der Waals surface area contributed by atoms with Crippen LogP contribution < -0.4 is 9.80 Å². The molecule has 4 aromatic heterocycles. The lowest BCUT2D eigenvalue weighted by atomic mass is 9.65. The van der Waals surface area contributed by atoms with E-state index in [1.165, 1.54) is 160 Å². The third-order valence-electron chi connectivity index (χ3n) is 32.2. The zero-order chi connectivity index (χ0) is 95.6. The smallest absolute Gasteiger partial charge is 0.143 e. The molecule has 2 aliphatic carbocycles. The van der Waals surface area contributed by atoms with Crippen molar-refractivity contribution in [1.29, 1.82) is 0 Å². The van der Waals surface area contributed by atoms with Crippen molar-refractivity contribution < 1.29 is 4.42 Å². The van der Waals surface area contributed by atoms with Gasteiger partial charge < -0.3 is 27.9 Å². The number of hydrogen-bond donors (Lipinski definition) is 0. The summed E-state index contributed by atoms with van der Waals surface area (Å²) in [4.78, 5) is 4.98. The van der Waals surface area contributed by atoms with Gasteiger partial charge in [0.05, 0.1) is 66.7 Å². The number of benzene rings is 23. The first-order valence-corrected chi connectivity index (χ1v) is 50.6. The Kier molecular flexibility index (Phi) is 17.7. The van der Waals surface area contributed by atoms with Crippen molar-refractivity contribution in [2.24, 2.45) is 0 Å². The first-order valence-electron chi connectivity index (χ1n) is 50.6. The Hall–Kier alpha value is -19.1. The highest BCUT2D eigenvalue weighted by atomic mass is 16.3. The summed E-state index contributed by atoms with van der Waals surface area (Å²) in [6.07, 6.45) is 0. The van der Waals surface area contributed by atoms with Gasteiger partial charge in [-0.2, -0.15) is 0 Å². The molecule has 146 heavy (non-hydrogen) atoms. The third-order valence-corrected chi connectivity index (χ3v) is 32.2. The summed E-state index contributed by atoms with van der Waals surface area (Å²) in [6.45, 7) is 0. The monoisotopic (exact) mass is 1850 g/mol. The molecule has 678 valence electrons. The van der Waals surface area contributed by atoms with Gasteiger partial charge in [-0.3, -0.25) is 0 Å². The Balaban J connectivity index is 0.511. The number of anilines is 6. The normalized spacial score (nSPS) is 14.4. The summed E-state index contributed by atoms with van der Waals surface area (Å²) >= 11 is 0. The molecule has 31 rings (SSSR count). The highest BCUT2D eigenvalue weighted by Gasteiger charge is 2.53. The molecule has 0 fully saturated rings. The molecule has 2 spiro atoms. The van der Waals surface area contributed by atoms with E-state index < -0.39 is 10.8 Å². The van der Waals surface area contributed by atoms with E-state index >= 15 is 0 Å². The minimum atomic E-state index is -0.685. The molecule has 23 aromatic carbocycles. The van der Waals surface area contributed by atoms with Crippen LogP contribution in [0.4, 0.5) is 34.1 Å². The second-order valence-corrected chi connectivity index (χ2v) is 39.5. The van der Waals surface area contributed by atoms with Crippen molar-refractivity contribution in [3.63, 3.8) is 0 Å². The van der Waals surface area contributed by atoms with E-state index in [0.717, 1.165) is 123 Å². The standard InChI is InChI=1S/C140H87N5O/c1-4-31-88(32-5-1)92-35-26-37-97(81-92)104-41-12-20-57-127(104)141(100-70-63-90(64-71-100)94-68-79-131-117(83-94)110-46-15-22-59-129(110)143(131)99-39-8-3-9-40-99)102-74-78-122-116(86-102)108-44-11-17-52-120(108)140(122)124-54-19-25-62-133(124)145-134-85-96(67-76-111(134)113-49-30-56-126(140)137(113)145)95-69-80-135-118(84-95)114-50-28-47-106(138(114)146-135)91-65-72-101(73-66-91)142(128-58-21-13-42-105(128)98-38-27-36-93(82-98)89-33-6-2-7-34-89)103-75-77-121-115(87-103)107-43-10-16-51-119(107)139(121)123-53-18-24-61-132(123)144-130-60-23-14-45-109(130)112-48-29-55-125(139)136(112)144/h1-87H. The van der Waals surface area contributed by atoms with E-state index in [9.17, 15) is 0 Å². The van der Waals surface area contributed by atoms with Crippen molar-refractivity contribution in [2.75, 3.05) is 9.80 Å². The van der Waals surface area contributed by atoms with Crippen LogP contribution in [-0.4, -0.2) is 13.7 Å². The van der Waals surface area contributed by atoms with Gasteiger partial charge in [-0.1, -0.05) is 388 Å². The predicted octanol–water partition coefficient (Wildman–Crippen LogP) is 36.8. The zero-order valence-electron chi connectivity index (χ0n) is 79.4. The van der Waals surface area contributed by atoms with Gasteiger partial charge in [0.1, 0.15) is 11.2 Å². The molecule has 2 aliphatic heterocycles. The number of rotatable bonds is 14. The first-order chi connectivity index (χ1) is 72.4. The summed E-state index contributed by atoms with van der Waals surface area (Å²) in [5.74, 6) is 0. The first kappa shape index (κ1) is 81.7. The Labute approximate surface area is 843 Å². The van der Waals surface area contributed by atoms with E-state index in [1.807, 2.05) is 0 Å². The number of aromatic nitrogens is 3. The SMILES string of the molecule is c1ccc(-c2cccc(-c3ccccc3N(c3ccc(-c4cccc5c4oc4ccc(-c6ccc7c8cccc9c8n(c7c6)-c6ccccc6C96c7ccccc7-c7cc(N(c8ccc(-c9ccc%10c(c9)c9ccccc9n%10-c9ccccc9)cc8)c8ccccc8-c8cccc(-c9ccccc9)c8)ccc76)cc45)cc3)c3ccc4c(c3)-c3ccccc3C43c4ccccc4-n4c5ccccc5c5cccc3c54)c2)cc1. The molecule has 6 heteroatoms. The van der Waals surface area contributed by atoms with Gasteiger partial charge >= 0.3 is 0 Å². The number of para-hydroxylation sites is 10. The summed E-state index contributed by atoms with van der Waals surface area (Å²) in [6, 6.07) is 197. The lowest BCUT2D eigenvalue weighted by Crippen LogP contribution is -2.33. The van der Waals surface area contributed by atoms with Gasteiger partial charge in [-0.25, -0.2) is 0 Å². The number of furan rings is 1. The molecule has 0 bridgehead atoms. The highest BCUT2D eigenvalue weighted by molar-refractivity contribution is 6.18. The van der Waals surface area contributed by atoms with E-state index in [-0.39, 0.29) is 0 Å². The summed E-state index contributed by atoms with van der Waals surface area (Å²) in [5.41, 5.74) is 48.5. The van der Waals surface area contributed by atoms with Crippen LogP contribution in [0.5, 0.6) is 0 Å². The van der Waals surface area contributed by atoms with E-state index in [4.69, 9.17) is 4.42 Å². The van der Waals surface area contributed by atoms with Gasteiger partial charge in [0.25, 0.3) is 0 Å². The fraction of sp³-hybridized carbons (Fsp3) is 0.0143. The Morgan fingerprint density at radius 2 is 0.527 bits per heavy atom. The van der Waals surface area contributed by atoms with Crippen molar-refractivity contribution >= 4 is 121 Å². The average molecular weight is 1860 g/mol. The lowest BCUT2D eigenvalue weighted by molar-refractivity contribution is 0.670. The van der Waals surface area contributed by atoms with Crippen LogP contribution in [-0.2, 0) is 10.8 Å². The minimum Gasteiger partial charge on any atom is -0.455 e. The fourth-order valence-corrected chi connectivity index (χ4v) is 26.1. The summed E-state index contributed by atoms with van der Waals surface area (Å²) in [7, 11) is 0. The number of hydrogen-bond acceptors (Lipinski definition) is 3. The summed E-state index contributed by atoms with van der Waals surface area (Å²) in [5, 5.41) is 9.54. The van der Waals surface area contributed by atoms with Crippen LogP contribution in [0, 0.1) is 0 Å². The predicted molar refractivity (Wildman–Crippen MR) is 606 cm³/mol. The minimum absolute atomic E-state index is 0.599. The fourth-order valence-electron chi connectivity index (χ4n) is 26.1. The van der Waals surface area contributed by atoms with Crippen LogP contribution in [0.1, 0.15) is 44.5 Å². The molecule has 0 N–H and O–H groups in total. The van der Waals surface area contributed by atoms with Gasteiger partial charge in [0.15, 0.2) is 0 Å². The van der Waals surface area contributed by atoms with E-state index in [2.05, 4.69) is 551 Å². The molecule has 0 saturated heterocycles. The maximum absolute atomic E-state index is 7.17. The highest BCUT2D eigenvalue weighted by Crippen LogP contribution is 2.65. The van der Waals surface area contributed by atoms with Gasteiger partial charge in [0.2, 0.25) is 0 Å². The van der Waals surface area contributed by atoms with E-state index in [0.29, 0.717) is 0 Å². The second-order valence-electron chi connectivity index (χ2n) is 39.5. The van der Waals surface area contributed by atoms with Crippen LogP contribution in [0.3, 0.4) is 0 Å². The van der Waals surface area contributed by atoms with Crippen LogP contribution in [0.25, 0.3) is 205 Å². The molecule has 0 amide bonds. The maximum atomic E-state index is 7.17. The number of nitrogens with zero attached hydrogens (tertiary/aromatic N) is 5. The quantitative estimate of drug-likeness (QED) is 0.109. The molecular formula is C140H87N5O. The molecule has 6 heterocycles. The maximum Gasteiger partial charge on any atom is 0.143 e. The van der Waals surface area contributed by atoms with Gasteiger partial charge in [0, 0.05) is 88.2 Å². The largest absolute Gasteiger partial charge is 0.455 e. The molecule has 2 atom stereocenters. The zero-order valence-corrected chi connectivity index (χ0v) is 79.4. The number of fused-ring (bicyclic) bond motifs is 30. The molecule has 0 saturated carbocycles. The Morgan fingerprint density at radius 1 is 0.171 bits per heavy atom. The average Bonchev–Trinajstić information content (AvgIpc) is 1.48. The van der Waals surface area contributed by atoms with Gasteiger partial charge in [-0.15, -0.1) is 0 Å². The van der Waals surface area contributed by atoms with Crippen molar-refractivity contribution in [2.45, 2.75) is 10.8 Å².